The molecular formula is C12H11Cl2NS. The fraction of sp³-hybridized carbons (Fsp3) is 0.167. The molecular weight excluding hydrogens is 261 g/mol. The number of benzene rings is 1. The summed E-state index contributed by atoms with van der Waals surface area (Å²) in [5.74, 6) is 0. The molecule has 0 aliphatic rings. The number of anilines is 1. The first kappa shape index (κ1) is 11.8. The summed E-state index contributed by atoms with van der Waals surface area (Å²) in [5, 5.41) is 0. The van der Waals surface area contributed by atoms with Gasteiger partial charge in [0.25, 0.3) is 0 Å². The van der Waals surface area contributed by atoms with Crippen LogP contribution in [0.2, 0.25) is 8.67 Å². The molecule has 16 heavy (non-hydrogen) atoms. The van der Waals surface area contributed by atoms with Gasteiger partial charge in [-0.15, -0.1) is 11.3 Å². The Morgan fingerprint density at radius 2 is 1.69 bits per heavy atom. The molecule has 84 valence electrons. The Bertz CT molecular complexity index is 546. The number of rotatable bonds is 1. The monoisotopic (exact) mass is 271 g/mol. The molecule has 0 radical (unpaired) electrons. The summed E-state index contributed by atoms with van der Waals surface area (Å²) < 4.78 is 1.42. The highest BCUT2D eigenvalue weighted by atomic mass is 35.5. The van der Waals surface area contributed by atoms with E-state index in [1.807, 2.05) is 26.0 Å². The molecule has 0 saturated heterocycles. The molecule has 1 heterocycles. The van der Waals surface area contributed by atoms with Crippen molar-refractivity contribution in [2.24, 2.45) is 0 Å². The van der Waals surface area contributed by atoms with E-state index in [-0.39, 0.29) is 0 Å². The average Bonchev–Trinajstić information content (AvgIpc) is 2.51. The van der Waals surface area contributed by atoms with Crippen molar-refractivity contribution in [3.63, 3.8) is 0 Å². The van der Waals surface area contributed by atoms with Crippen molar-refractivity contribution in [1.82, 2.24) is 0 Å². The molecule has 1 nitrogen and oxygen atoms in total. The minimum Gasteiger partial charge on any atom is -0.399 e. The van der Waals surface area contributed by atoms with Gasteiger partial charge in [0.2, 0.25) is 0 Å². The maximum atomic E-state index is 6.15. The molecule has 0 saturated carbocycles. The summed E-state index contributed by atoms with van der Waals surface area (Å²) in [6, 6.07) is 5.91. The topological polar surface area (TPSA) is 26.0 Å². The van der Waals surface area contributed by atoms with Crippen molar-refractivity contribution in [3.8, 4) is 11.1 Å². The summed E-state index contributed by atoms with van der Waals surface area (Å²) in [6.45, 7) is 4.01. The lowest BCUT2D eigenvalue weighted by atomic mass is 9.99. The van der Waals surface area contributed by atoms with Crippen LogP contribution in [0.3, 0.4) is 0 Å². The first-order valence-electron chi connectivity index (χ1n) is 4.81. The van der Waals surface area contributed by atoms with Crippen LogP contribution < -0.4 is 5.73 Å². The summed E-state index contributed by atoms with van der Waals surface area (Å²) in [7, 11) is 0. The van der Waals surface area contributed by atoms with Gasteiger partial charge in [-0.05, 0) is 48.7 Å². The first-order valence-corrected chi connectivity index (χ1v) is 6.38. The zero-order valence-corrected chi connectivity index (χ0v) is 11.3. The van der Waals surface area contributed by atoms with Crippen LogP contribution in [0.5, 0.6) is 0 Å². The zero-order valence-electron chi connectivity index (χ0n) is 8.97. The van der Waals surface area contributed by atoms with Crippen LogP contribution in [0.25, 0.3) is 11.1 Å². The van der Waals surface area contributed by atoms with Crippen molar-refractivity contribution in [2.75, 3.05) is 5.73 Å². The van der Waals surface area contributed by atoms with Gasteiger partial charge in [0.15, 0.2) is 0 Å². The highest BCUT2D eigenvalue weighted by molar-refractivity contribution is 7.20. The van der Waals surface area contributed by atoms with Gasteiger partial charge in [0.05, 0.1) is 4.34 Å². The fourth-order valence-electron chi connectivity index (χ4n) is 1.65. The second-order valence-electron chi connectivity index (χ2n) is 3.76. The lowest BCUT2D eigenvalue weighted by Crippen LogP contribution is -1.92. The van der Waals surface area contributed by atoms with Crippen LogP contribution in [-0.4, -0.2) is 0 Å². The molecule has 0 bridgehead atoms. The standard InChI is InChI=1S/C12H11Cl2NS/c1-6-4-10(15)7(2)3-8(6)9-5-11(13)16-12(9)14/h3-5H,15H2,1-2H3. The molecule has 1 aromatic heterocycles. The minimum absolute atomic E-state index is 0.703. The van der Waals surface area contributed by atoms with Crippen molar-refractivity contribution >= 4 is 40.2 Å². The lowest BCUT2D eigenvalue weighted by Gasteiger charge is -2.08. The Morgan fingerprint density at radius 1 is 1.00 bits per heavy atom. The lowest BCUT2D eigenvalue weighted by molar-refractivity contribution is 1.40. The third-order valence-corrected chi connectivity index (χ3v) is 4.05. The Balaban J connectivity index is 2.64. The van der Waals surface area contributed by atoms with Gasteiger partial charge < -0.3 is 5.73 Å². The second kappa shape index (κ2) is 4.28. The molecule has 1 aromatic carbocycles. The van der Waals surface area contributed by atoms with Gasteiger partial charge in [-0.25, -0.2) is 0 Å². The minimum atomic E-state index is 0.703. The quantitative estimate of drug-likeness (QED) is 0.732. The van der Waals surface area contributed by atoms with E-state index < -0.39 is 0 Å². The van der Waals surface area contributed by atoms with Crippen LogP contribution in [-0.2, 0) is 0 Å². The molecule has 2 aromatic rings. The summed E-state index contributed by atoms with van der Waals surface area (Å²) in [6.07, 6.45) is 0. The largest absolute Gasteiger partial charge is 0.399 e. The van der Waals surface area contributed by atoms with E-state index in [0.29, 0.717) is 4.34 Å². The van der Waals surface area contributed by atoms with Gasteiger partial charge in [-0.3, -0.25) is 0 Å². The third-order valence-electron chi connectivity index (χ3n) is 2.56. The van der Waals surface area contributed by atoms with Gasteiger partial charge >= 0.3 is 0 Å². The Labute approximate surface area is 109 Å². The highest BCUT2D eigenvalue weighted by Crippen LogP contribution is 2.40. The molecule has 0 fully saturated rings. The van der Waals surface area contributed by atoms with Crippen molar-refractivity contribution < 1.29 is 0 Å². The summed E-state index contributed by atoms with van der Waals surface area (Å²) in [5.41, 5.74) is 10.9. The number of hydrogen-bond acceptors (Lipinski definition) is 2. The second-order valence-corrected chi connectivity index (χ2v) is 6.05. The molecule has 0 aliphatic carbocycles. The maximum absolute atomic E-state index is 6.15. The van der Waals surface area contributed by atoms with Crippen LogP contribution in [0.1, 0.15) is 11.1 Å². The SMILES string of the molecule is Cc1cc(-c2cc(Cl)sc2Cl)c(C)cc1N. The molecule has 0 aliphatic heterocycles. The predicted molar refractivity (Wildman–Crippen MR) is 73.7 cm³/mol. The van der Waals surface area contributed by atoms with E-state index in [9.17, 15) is 0 Å². The number of nitrogen functional groups attached to an aromatic ring is 1. The number of aryl methyl sites for hydroxylation is 2. The third kappa shape index (κ3) is 2.05. The summed E-state index contributed by atoms with van der Waals surface area (Å²) in [4.78, 5) is 0. The Kier molecular flexibility index (Phi) is 3.15. The van der Waals surface area contributed by atoms with E-state index in [1.54, 1.807) is 0 Å². The van der Waals surface area contributed by atoms with Crippen LogP contribution in [0.15, 0.2) is 18.2 Å². The number of thiophene rings is 1. The molecule has 2 rings (SSSR count). The maximum Gasteiger partial charge on any atom is 0.102 e. The number of hydrogen-bond donors (Lipinski definition) is 1. The molecule has 0 atom stereocenters. The Morgan fingerprint density at radius 3 is 2.25 bits per heavy atom. The fourth-order valence-corrected chi connectivity index (χ4v) is 3.14. The van der Waals surface area contributed by atoms with Crippen LogP contribution >= 0.6 is 34.5 Å². The number of nitrogens with two attached hydrogens (primary N) is 1. The molecule has 0 unspecified atom stereocenters. The normalized spacial score (nSPS) is 10.8. The average molecular weight is 272 g/mol. The van der Waals surface area contributed by atoms with E-state index in [1.165, 1.54) is 11.3 Å². The van der Waals surface area contributed by atoms with E-state index >= 15 is 0 Å². The van der Waals surface area contributed by atoms with Gasteiger partial charge in [0.1, 0.15) is 4.34 Å². The number of halogens is 2. The van der Waals surface area contributed by atoms with Crippen LogP contribution in [0.4, 0.5) is 5.69 Å². The smallest absolute Gasteiger partial charge is 0.102 e. The first-order chi connectivity index (χ1) is 7.49. The Hall–Kier alpha value is -0.700. The van der Waals surface area contributed by atoms with Gasteiger partial charge in [-0.1, -0.05) is 23.2 Å². The summed E-state index contributed by atoms with van der Waals surface area (Å²) >= 11 is 13.5. The highest BCUT2D eigenvalue weighted by Gasteiger charge is 2.11. The van der Waals surface area contributed by atoms with Crippen molar-refractivity contribution in [1.29, 1.82) is 0 Å². The van der Waals surface area contributed by atoms with Crippen molar-refractivity contribution in [3.05, 3.63) is 38.0 Å². The molecule has 0 spiro atoms. The molecule has 2 N–H and O–H groups in total. The van der Waals surface area contributed by atoms with Gasteiger partial charge in [0, 0.05) is 11.3 Å². The molecule has 4 heteroatoms. The van der Waals surface area contributed by atoms with Crippen molar-refractivity contribution in [2.45, 2.75) is 13.8 Å². The van der Waals surface area contributed by atoms with Gasteiger partial charge in [-0.2, -0.15) is 0 Å². The zero-order chi connectivity index (χ0) is 11.9. The van der Waals surface area contributed by atoms with E-state index in [4.69, 9.17) is 28.9 Å². The molecule has 0 amide bonds. The predicted octanol–water partition coefficient (Wildman–Crippen LogP) is 4.92. The van der Waals surface area contributed by atoms with E-state index in [0.717, 1.165) is 32.3 Å². The van der Waals surface area contributed by atoms with Crippen LogP contribution in [0, 0.1) is 13.8 Å². The van der Waals surface area contributed by atoms with E-state index in [2.05, 4.69) is 6.07 Å².